The highest BCUT2D eigenvalue weighted by atomic mass is 31.2. The molecule has 1 fully saturated rings. The van der Waals surface area contributed by atoms with E-state index in [9.17, 15) is 29.3 Å². The van der Waals surface area contributed by atoms with E-state index in [4.69, 9.17) is 29.0 Å². The van der Waals surface area contributed by atoms with E-state index in [0.29, 0.717) is 5.75 Å². The van der Waals surface area contributed by atoms with E-state index in [0.717, 1.165) is 10.8 Å². The van der Waals surface area contributed by atoms with Gasteiger partial charge in [0, 0.05) is 13.1 Å². The predicted octanol–water partition coefficient (Wildman–Crippen LogP) is -0.716. The van der Waals surface area contributed by atoms with E-state index in [2.05, 4.69) is 10.3 Å². The number of anilines is 1. The van der Waals surface area contributed by atoms with E-state index in [1.54, 1.807) is 30.3 Å². The zero-order chi connectivity index (χ0) is 28.2. The smallest absolute Gasteiger partial charge is 0.351 e. The molecule has 4 rings (SSSR count). The van der Waals surface area contributed by atoms with E-state index >= 15 is 0 Å². The van der Waals surface area contributed by atoms with Crippen molar-refractivity contribution in [3.05, 3.63) is 77.3 Å². The van der Waals surface area contributed by atoms with Crippen LogP contribution in [0, 0.1) is 0 Å². The van der Waals surface area contributed by atoms with Gasteiger partial charge in [-0.05, 0) is 24.3 Å². The molecule has 0 saturated carbocycles. The van der Waals surface area contributed by atoms with Crippen LogP contribution in [0.25, 0.3) is 0 Å². The van der Waals surface area contributed by atoms with Gasteiger partial charge in [-0.1, -0.05) is 24.3 Å². The van der Waals surface area contributed by atoms with Crippen LogP contribution in [0.4, 0.5) is 5.82 Å². The number of benzene rings is 1. The lowest BCUT2D eigenvalue weighted by atomic mass is 10.1. The molecule has 39 heavy (non-hydrogen) atoms. The average Bonchev–Trinajstić information content (AvgIpc) is 3.16. The molecule has 7 atom stereocenters. The number of rotatable bonds is 9. The normalized spacial score (nSPS) is 28.9. The minimum atomic E-state index is -5.01. The minimum absolute atomic E-state index is 0.0527. The quantitative estimate of drug-likeness (QED) is 0.218. The van der Waals surface area contributed by atoms with Gasteiger partial charge in [-0.15, -0.1) is 0 Å². The van der Waals surface area contributed by atoms with E-state index < -0.39 is 57.0 Å². The van der Waals surface area contributed by atoms with Crippen LogP contribution in [0.5, 0.6) is 5.75 Å². The number of hydrogen-bond acceptors (Lipinski definition) is 13. The van der Waals surface area contributed by atoms with Crippen LogP contribution >= 0.6 is 7.82 Å². The van der Waals surface area contributed by atoms with Gasteiger partial charge in [-0.3, -0.25) is 13.9 Å². The molecule has 2 aromatic rings. The van der Waals surface area contributed by atoms with Crippen LogP contribution in [-0.4, -0.2) is 62.9 Å². The van der Waals surface area contributed by atoms with Crippen molar-refractivity contribution in [1.82, 2.24) is 14.9 Å². The first-order valence-electron chi connectivity index (χ1n) is 11.6. The molecular weight excluding hydrogens is 539 g/mol. The number of nitrogen functional groups attached to an aromatic ring is 1. The van der Waals surface area contributed by atoms with Gasteiger partial charge in [-0.25, -0.2) is 4.79 Å². The summed E-state index contributed by atoms with van der Waals surface area (Å²) in [4.78, 5) is 39.4. The highest BCUT2D eigenvalue weighted by molar-refractivity contribution is 7.46. The number of allylic oxidation sites excluding steroid dienone is 1. The maximum atomic E-state index is 12.3. The molecular formula is C23H26N4O11P-. The van der Waals surface area contributed by atoms with Crippen molar-refractivity contribution in [2.75, 3.05) is 12.3 Å². The number of phosphoric acid groups is 1. The van der Waals surface area contributed by atoms with Gasteiger partial charge < -0.3 is 49.4 Å². The number of carbonyl (C=O) groups excluding carboxylic acids is 1. The van der Waals surface area contributed by atoms with Crippen LogP contribution in [0.1, 0.15) is 13.2 Å². The summed E-state index contributed by atoms with van der Waals surface area (Å²) in [5.41, 5.74) is 4.60. The van der Waals surface area contributed by atoms with E-state index in [-0.39, 0.29) is 17.5 Å². The van der Waals surface area contributed by atoms with Gasteiger partial charge >= 0.3 is 13.5 Å². The molecule has 16 heteroatoms. The molecule has 2 aliphatic heterocycles. The molecule has 3 heterocycles. The SMILES string of the molecule is CC(=O)N[C@@H]1C=C/C(=C/OP(=O)([O-])OC[C@H]2O[C@@H](n3ccc(N)nc3=O)C(O)[C@H]2O)OC1Oc1ccccc1. The summed E-state index contributed by atoms with van der Waals surface area (Å²) in [7, 11) is -5.01. The molecule has 3 unspecified atom stereocenters. The summed E-state index contributed by atoms with van der Waals surface area (Å²) in [6, 6.07) is 9.22. The van der Waals surface area contributed by atoms with Gasteiger partial charge in [0.2, 0.25) is 5.91 Å². The van der Waals surface area contributed by atoms with Crippen LogP contribution in [0.3, 0.4) is 0 Å². The van der Waals surface area contributed by atoms with Gasteiger partial charge in [0.1, 0.15) is 42.2 Å². The third kappa shape index (κ3) is 7.23. The summed E-state index contributed by atoms with van der Waals surface area (Å²) in [6.45, 7) is 0.584. The Hall–Kier alpha value is -3.72. The first-order chi connectivity index (χ1) is 18.5. The highest BCUT2D eigenvalue weighted by Crippen LogP contribution is 2.41. The summed E-state index contributed by atoms with van der Waals surface area (Å²) < 4.78 is 39.6. The second kappa shape index (κ2) is 12.0. The van der Waals surface area contributed by atoms with Crippen molar-refractivity contribution in [3.63, 3.8) is 0 Å². The Bertz CT molecular complexity index is 1330. The fourth-order valence-electron chi connectivity index (χ4n) is 3.71. The highest BCUT2D eigenvalue weighted by Gasteiger charge is 2.44. The topological polar surface area (TPSA) is 217 Å². The molecule has 0 aliphatic carbocycles. The van der Waals surface area contributed by atoms with Crippen molar-refractivity contribution < 1.29 is 47.7 Å². The third-order valence-electron chi connectivity index (χ3n) is 5.54. The lowest BCUT2D eigenvalue weighted by molar-refractivity contribution is -0.224. The molecule has 0 radical (unpaired) electrons. The van der Waals surface area contributed by atoms with Crippen molar-refractivity contribution >= 4 is 19.5 Å². The van der Waals surface area contributed by atoms with Gasteiger partial charge in [0.05, 0.1) is 6.61 Å². The Kier molecular flexibility index (Phi) is 8.70. The summed E-state index contributed by atoms with van der Waals surface area (Å²) >= 11 is 0. The van der Waals surface area contributed by atoms with Crippen LogP contribution in [0.15, 0.2) is 71.6 Å². The molecule has 15 nitrogen and oxygen atoms in total. The first kappa shape index (κ1) is 28.3. The fraction of sp³-hybridized carbons (Fsp3) is 0.348. The van der Waals surface area contributed by atoms with Gasteiger partial charge in [-0.2, -0.15) is 4.98 Å². The Balaban J connectivity index is 1.37. The Morgan fingerprint density at radius 1 is 1.28 bits per heavy atom. The standard InChI is InChI=1S/C23H27N4O11P/c1-13(28)25-16-8-7-15(37-22(16)36-14-5-3-2-4-6-14)11-34-39(32,33)35-12-17-19(29)20(30)21(38-17)27-10-9-18(24)26-23(27)31/h2-11,16-17,19-22,29-30H,12H2,1H3,(H,25,28)(H,32,33)(H2,24,26,31)/p-1/b15-11-/t16-,17-,19+,20?,21-,22?/m1/s1. The molecule has 2 aliphatic rings. The van der Waals surface area contributed by atoms with E-state index in [1.165, 1.54) is 31.3 Å². The summed E-state index contributed by atoms with van der Waals surface area (Å²) in [5.74, 6) is -0.000633. The summed E-state index contributed by atoms with van der Waals surface area (Å²) in [6.07, 6.45) is -2.04. The number of hydrogen-bond donors (Lipinski definition) is 4. The van der Waals surface area contributed by atoms with Crippen LogP contribution < -0.4 is 26.4 Å². The van der Waals surface area contributed by atoms with E-state index in [1.807, 2.05) is 0 Å². The number of carbonyl (C=O) groups is 1. The molecule has 0 bridgehead atoms. The number of para-hydroxylation sites is 1. The van der Waals surface area contributed by atoms with Crippen molar-refractivity contribution in [1.29, 1.82) is 0 Å². The van der Waals surface area contributed by atoms with Crippen LogP contribution in [0.2, 0.25) is 0 Å². The monoisotopic (exact) mass is 565 g/mol. The third-order valence-corrected chi connectivity index (χ3v) is 6.37. The number of aliphatic hydroxyl groups is 2. The van der Waals surface area contributed by atoms with Gasteiger partial charge in [0.25, 0.3) is 6.29 Å². The number of ether oxygens (including phenoxy) is 3. The Morgan fingerprint density at radius 2 is 2.03 bits per heavy atom. The number of aliphatic hydroxyl groups excluding tert-OH is 2. The number of amides is 1. The average molecular weight is 565 g/mol. The van der Waals surface area contributed by atoms with Crippen molar-refractivity contribution in [2.45, 2.75) is 43.8 Å². The zero-order valence-electron chi connectivity index (χ0n) is 20.4. The molecule has 210 valence electrons. The molecule has 1 aromatic heterocycles. The zero-order valence-corrected chi connectivity index (χ0v) is 21.3. The molecule has 1 aromatic carbocycles. The largest absolute Gasteiger partial charge is 0.746 e. The Morgan fingerprint density at radius 3 is 2.72 bits per heavy atom. The first-order valence-corrected chi connectivity index (χ1v) is 13.0. The second-order valence-corrected chi connectivity index (χ2v) is 9.82. The van der Waals surface area contributed by atoms with Crippen LogP contribution in [-0.2, 0) is 27.9 Å². The Labute approximate surface area is 221 Å². The molecule has 1 saturated heterocycles. The molecule has 1 amide bonds. The predicted molar refractivity (Wildman–Crippen MR) is 130 cm³/mol. The lowest BCUT2D eigenvalue weighted by Crippen LogP contribution is -2.46. The summed E-state index contributed by atoms with van der Waals surface area (Å²) in [5, 5.41) is 23.2. The maximum absolute atomic E-state index is 12.3. The lowest BCUT2D eigenvalue weighted by Gasteiger charge is -2.30. The second-order valence-electron chi connectivity index (χ2n) is 8.46. The number of phosphoric ester groups is 1. The molecule has 0 spiro atoms. The number of nitrogens with zero attached hydrogens (tertiary/aromatic N) is 2. The maximum Gasteiger partial charge on any atom is 0.351 e. The fourth-order valence-corrected chi connectivity index (χ4v) is 4.34. The van der Waals surface area contributed by atoms with Crippen molar-refractivity contribution in [2.24, 2.45) is 0 Å². The van der Waals surface area contributed by atoms with Crippen molar-refractivity contribution in [3.8, 4) is 5.75 Å². The van der Waals surface area contributed by atoms with Gasteiger partial charge in [0.15, 0.2) is 12.0 Å². The number of aromatic nitrogens is 2. The number of nitrogens with one attached hydrogen (secondary N) is 1. The number of nitrogens with two attached hydrogens (primary N) is 1. The molecule has 5 N–H and O–H groups in total. The minimum Gasteiger partial charge on any atom is -0.746 e.